The van der Waals surface area contributed by atoms with Gasteiger partial charge >= 0.3 is 0 Å². The van der Waals surface area contributed by atoms with E-state index < -0.39 is 0 Å². The third kappa shape index (κ3) is 2.67. The van der Waals surface area contributed by atoms with E-state index in [1.165, 1.54) is 5.56 Å². The Hall–Kier alpha value is -2.04. The number of carbonyl (C=O) groups excluding carboxylic acids is 1. The fraction of sp³-hybridized carbons (Fsp3) is 0.222. The van der Waals surface area contributed by atoms with Crippen LogP contribution in [0, 0.1) is 13.8 Å². The molecule has 1 aromatic heterocycles. The van der Waals surface area contributed by atoms with Gasteiger partial charge in [0, 0.05) is 26.8 Å². The molecule has 0 aliphatic heterocycles. The van der Waals surface area contributed by atoms with Crippen LogP contribution in [0.3, 0.4) is 0 Å². The van der Waals surface area contributed by atoms with E-state index in [2.05, 4.69) is 13.8 Å². The van der Waals surface area contributed by atoms with E-state index in [-0.39, 0.29) is 12.0 Å². The van der Waals surface area contributed by atoms with Crippen LogP contribution in [0.15, 0.2) is 35.1 Å². The smallest absolute Gasteiger partial charge is 0.195 e. The van der Waals surface area contributed by atoms with Gasteiger partial charge < -0.3 is 9.90 Å². The third-order valence-electron chi connectivity index (χ3n) is 3.92. The number of aliphatic hydroxyl groups excluding tert-OH is 1. The molecule has 0 atom stereocenters. The summed E-state index contributed by atoms with van der Waals surface area (Å²) in [6.07, 6.45) is 0.597. The van der Waals surface area contributed by atoms with Gasteiger partial charge in [-0.15, -0.1) is 11.3 Å². The van der Waals surface area contributed by atoms with E-state index in [1.54, 1.807) is 11.3 Å². The molecule has 0 saturated heterocycles. The highest BCUT2D eigenvalue weighted by Crippen LogP contribution is 2.30. The van der Waals surface area contributed by atoms with Gasteiger partial charge in [0.15, 0.2) is 5.43 Å². The summed E-state index contributed by atoms with van der Waals surface area (Å²) < 4.78 is 2.09. The highest BCUT2D eigenvalue weighted by molar-refractivity contribution is 7.24. The molecule has 114 valence electrons. The van der Waals surface area contributed by atoms with Crippen LogP contribution in [-0.4, -0.2) is 18.5 Å². The second kappa shape index (κ2) is 6.81. The third-order valence-corrected chi connectivity index (χ3v) is 5.22. The lowest BCUT2D eigenvalue weighted by Crippen LogP contribution is -2.05. The van der Waals surface area contributed by atoms with Crippen molar-refractivity contribution in [2.24, 2.45) is 0 Å². The number of carbonyl (C=O) groups is 1. The number of benzene rings is 2. The summed E-state index contributed by atoms with van der Waals surface area (Å²) in [5.41, 5.74) is 3.49. The Morgan fingerprint density at radius 1 is 1.09 bits per heavy atom. The van der Waals surface area contributed by atoms with Gasteiger partial charge in [0.1, 0.15) is 6.79 Å². The molecule has 0 bridgehead atoms. The molecule has 1 heterocycles. The molecule has 0 radical (unpaired) electrons. The van der Waals surface area contributed by atoms with E-state index in [4.69, 9.17) is 4.79 Å². The van der Waals surface area contributed by atoms with Gasteiger partial charge in [-0.3, -0.25) is 4.79 Å². The van der Waals surface area contributed by atoms with Crippen molar-refractivity contribution in [2.45, 2.75) is 20.3 Å². The summed E-state index contributed by atoms with van der Waals surface area (Å²) >= 11 is 1.67. The van der Waals surface area contributed by atoms with Crippen molar-refractivity contribution in [3.8, 4) is 0 Å². The average Bonchev–Trinajstić information content (AvgIpc) is 2.56. The summed E-state index contributed by atoms with van der Waals surface area (Å²) in [5, 5.41) is 10.7. The fourth-order valence-corrected chi connectivity index (χ4v) is 3.84. The summed E-state index contributed by atoms with van der Waals surface area (Å²) in [6.45, 7) is 6.23. The van der Waals surface area contributed by atoms with E-state index >= 15 is 0 Å². The van der Waals surface area contributed by atoms with Crippen LogP contribution >= 0.6 is 11.3 Å². The lowest BCUT2D eigenvalue weighted by atomic mass is 9.98. The van der Waals surface area contributed by atoms with Crippen LogP contribution in [0.5, 0.6) is 0 Å². The maximum atomic E-state index is 12.7. The molecule has 0 amide bonds. The maximum Gasteiger partial charge on any atom is 0.195 e. The molecular formula is C18H18O3S. The molecule has 0 unspecified atom stereocenters. The summed E-state index contributed by atoms with van der Waals surface area (Å²) in [6, 6.07) is 9.70. The minimum absolute atomic E-state index is 0.0941. The number of hydrogen-bond acceptors (Lipinski definition) is 4. The SMILES string of the molecule is C=O.Cc1c(CCO)cc2c(=O)c3ccccc3sc2c1C. The number of hydrogen-bond donors (Lipinski definition) is 1. The Morgan fingerprint density at radius 3 is 2.45 bits per heavy atom. The van der Waals surface area contributed by atoms with Crippen LogP contribution < -0.4 is 5.43 Å². The highest BCUT2D eigenvalue weighted by Gasteiger charge is 2.12. The molecule has 3 nitrogen and oxygen atoms in total. The maximum absolute atomic E-state index is 12.7. The lowest BCUT2D eigenvalue weighted by Gasteiger charge is -2.11. The van der Waals surface area contributed by atoms with Gasteiger partial charge in [0.05, 0.1) is 0 Å². The highest BCUT2D eigenvalue weighted by atomic mass is 32.1. The Labute approximate surface area is 132 Å². The number of aryl methyl sites for hydroxylation is 1. The molecule has 3 aromatic rings. The first-order valence-corrected chi connectivity index (χ1v) is 7.79. The Morgan fingerprint density at radius 2 is 1.77 bits per heavy atom. The minimum atomic E-state index is 0.0941. The predicted molar refractivity (Wildman–Crippen MR) is 93.0 cm³/mol. The first-order valence-electron chi connectivity index (χ1n) is 6.98. The Kier molecular flexibility index (Phi) is 5.06. The van der Waals surface area contributed by atoms with Crippen LogP contribution in [0.1, 0.15) is 16.7 Å². The Bertz CT molecular complexity index is 881. The van der Waals surface area contributed by atoms with E-state index in [9.17, 15) is 9.90 Å². The van der Waals surface area contributed by atoms with E-state index in [1.807, 2.05) is 37.1 Å². The van der Waals surface area contributed by atoms with Crippen molar-refractivity contribution >= 4 is 38.3 Å². The minimum Gasteiger partial charge on any atom is -0.396 e. The molecule has 1 N–H and O–H groups in total. The van der Waals surface area contributed by atoms with Crippen molar-refractivity contribution in [1.29, 1.82) is 0 Å². The van der Waals surface area contributed by atoms with Crippen molar-refractivity contribution in [3.63, 3.8) is 0 Å². The van der Waals surface area contributed by atoms with Gasteiger partial charge in [-0.1, -0.05) is 12.1 Å². The zero-order valence-electron chi connectivity index (χ0n) is 12.7. The van der Waals surface area contributed by atoms with Crippen molar-refractivity contribution in [2.75, 3.05) is 6.61 Å². The van der Waals surface area contributed by atoms with Gasteiger partial charge in [-0.25, -0.2) is 0 Å². The zero-order valence-corrected chi connectivity index (χ0v) is 13.5. The quantitative estimate of drug-likeness (QED) is 0.738. The summed E-state index contributed by atoms with van der Waals surface area (Å²) in [4.78, 5) is 20.7. The first-order chi connectivity index (χ1) is 10.6. The van der Waals surface area contributed by atoms with Crippen LogP contribution in [0.4, 0.5) is 0 Å². The van der Waals surface area contributed by atoms with Gasteiger partial charge in [-0.2, -0.15) is 0 Å². The Balaban J connectivity index is 0.000000847. The molecule has 4 heteroatoms. The van der Waals surface area contributed by atoms with Crippen LogP contribution in [0.25, 0.3) is 20.2 Å². The zero-order chi connectivity index (χ0) is 16.3. The molecule has 3 rings (SSSR count). The predicted octanol–water partition coefficient (Wildman–Crippen LogP) is 3.38. The first kappa shape index (κ1) is 16.3. The van der Waals surface area contributed by atoms with Gasteiger partial charge in [0.2, 0.25) is 0 Å². The molecule has 0 fully saturated rings. The lowest BCUT2D eigenvalue weighted by molar-refractivity contribution is -0.0979. The monoisotopic (exact) mass is 314 g/mol. The second-order valence-electron chi connectivity index (χ2n) is 5.06. The van der Waals surface area contributed by atoms with Crippen molar-refractivity contribution in [3.05, 3.63) is 57.2 Å². The molecule has 0 aliphatic rings. The molecule has 0 aliphatic carbocycles. The average molecular weight is 314 g/mol. The number of fused-ring (bicyclic) bond motifs is 2. The second-order valence-corrected chi connectivity index (χ2v) is 6.12. The summed E-state index contributed by atoms with van der Waals surface area (Å²) in [7, 11) is 0. The molecule has 2 aromatic carbocycles. The van der Waals surface area contributed by atoms with E-state index in [0.29, 0.717) is 6.42 Å². The normalized spacial score (nSPS) is 10.5. The standard InChI is InChI=1S/C17H16O2S.CH2O/c1-10-11(2)17-14(9-12(10)7-8-18)16(19)13-5-3-4-6-15(13)20-17;1-2/h3-6,9,18H,7-8H2,1-2H3;1H2. The fourth-order valence-electron chi connectivity index (χ4n) is 2.64. The number of rotatable bonds is 2. The van der Waals surface area contributed by atoms with Gasteiger partial charge in [0.25, 0.3) is 0 Å². The van der Waals surface area contributed by atoms with Crippen LogP contribution in [-0.2, 0) is 11.2 Å². The summed E-state index contributed by atoms with van der Waals surface area (Å²) in [5.74, 6) is 0. The van der Waals surface area contributed by atoms with Gasteiger partial charge in [-0.05, 0) is 55.2 Å². The molecule has 0 spiro atoms. The molecule has 22 heavy (non-hydrogen) atoms. The molecule has 0 saturated carbocycles. The van der Waals surface area contributed by atoms with Crippen LogP contribution in [0.2, 0.25) is 0 Å². The van der Waals surface area contributed by atoms with Crippen molar-refractivity contribution < 1.29 is 9.90 Å². The largest absolute Gasteiger partial charge is 0.396 e. The number of aliphatic hydroxyl groups is 1. The van der Waals surface area contributed by atoms with E-state index in [0.717, 1.165) is 31.3 Å². The van der Waals surface area contributed by atoms with Crippen molar-refractivity contribution in [1.82, 2.24) is 0 Å². The topological polar surface area (TPSA) is 54.4 Å². The molecular weight excluding hydrogens is 296 g/mol.